The Hall–Kier alpha value is -2.55. The molecule has 2 aromatic rings. The maximum atomic E-state index is 6.35. The fourth-order valence-electron chi connectivity index (χ4n) is 3.22. The summed E-state index contributed by atoms with van der Waals surface area (Å²) >= 11 is 0. The molecule has 1 atom stereocenters. The van der Waals surface area contributed by atoms with Gasteiger partial charge in [0.1, 0.15) is 17.3 Å². The molecule has 0 radical (unpaired) electrons. The average Bonchev–Trinajstić information content (AvgIpc) is 2.68. The van der Waals surface area contributed by atoms with E-state index in [1.165, 1.54) is 5.57 Å². The van der Waals surface area contributed by atoms with Crippen LogP contribution in [0.25, 0.3) is 5.76 Å². The van der Waals surface area contributed by atoms with Gasteiger partial charge in [0.15, 0.2) is 0 Å². The van der Waals surface area contributed by atoms with Crippen LogP contribution in [0.3, 0.4) is 0 Å². The van der Waals surface area contributed by atoms with Crippen molar-refractivity contribution in [3.63, 3.8) is 0 Å². The van der Waals surface area contributed by atoms with Crippen LogP contribution in [0.5, 0.6) is 5.75 Å². The molecule has 1 aliphatic rings. The molecule has 1 heterocycles. The molecule has 0 saturated carbocycles. The minimum atomic E-state index is 0.420. The standard InChI is InChI=1S/C22H25NO2/c1-4-21(18-8-7-9-19(14-18)24-3)25-22-15-17(12-11-16(22)2)20-10-5-6-13-23-20/h4-10,13-14,17H,11-12,15H2,1-3H3/b21-4-. The first-order valence-electron chi connectivity index (χ1n) is 8.79. The Bertz CT molecular complexity index is 778. The van der Waals surface area contributed by atoms with E-state index >= 15 is 0 Å². The molecule has 1 aliphatic carbocycles. The van der Waals surface area contributed by atoms with E-state index < -0.39 is 0 Å². The summed E-state index contributed by atoms with van der Waals surface area (Å²) in [6.45, 7) is 4.17. The van der Waals surface area contributed by atoms with Gasteiger partial charge in [-0.3, -0.25) is 4.98 Å². The second-order valence-corrected chi connectivity index (χ2v) is 6.38. The van der Waals surface area contributed by atoms with Crippen molar-refractivity contribution in [3.8, 4) is 5.75 Å². The summed E-state index contributed by atoms with van der Waals surface area (Å²) in [5, 5.41) is 0. The second-order valence-electron chi connectivity index (χ2n) is 6.38. The molecular formula is C22H25NO2. The fourth-order valence-corrected chi connectivity index (χ4v) is 3.22. The van der Waals surface area contributed by atoms with Crippen molar-refractivity contribution >= 4 is 5.76 Å². The molecule has 130 valence electrons. The van der Waals surface area contributed by atoms with Gasteiger partial charge in [0.2, 0.25) is 0 Å². The van der Waals surface area contributed by atoms with Crippen molar-refractivity contribution < 1.29 is 9.47 Å². The molecule has 3 rings (SSSR count). The third-order valence-electron chi connectivity index (χ3n) is 4.73. The van der Waals surface area contributed by atoms with Crippen LogP contribution in [0, 0.1) is 0 Å². The molecule has 1 aromatic heterocycles. The monoisotopic (exact) mass is 335 g/mol. The van der Waals surface area contributed by atoms with E-state index in [1.54, 1.807) is 7.11 Å². The van der Waals surface area contributed by atoms with Gasteiger partial charge in [-0.15, -0.1) is 0 Å². The topological polar surface area (TPSA) is 31.4 Å². The molecule has 0 fully saturated rings. The highest BCUT2D eigenvalue weighted by Crippen LogP contribution is 2.38. The summed E-state index contributed by atoms with van der Waals surface area (Å²) < 4.78 is 11.7. The summed E-state index contributed by atoms with van der Waals surface area (Å²) in [6.07, 6.45) is 6.95. The Morgan fingerprint density at radius 2 is 2.08 bits per heavy atom. The zero-order valence-corrected chi connectivity index (χ0v) is 15.2. The summed E-state index contributed by atoms with van der Waals surface area (Å²) in [5.74, 6) is 3.19. The number of benzene rings is 1. The van der Waals surface area contributed by atoms with E-state index in [9.17, 15) is 0 Å². The number of hydrogen-bond acceptors (Lipinski definition) is 3. The molecule has 0 bridgehead atoms. The number of allylic oxidation sites excluding steroid dienone is 3. The van der Waals surface area contributed by atoms with Crippen LogP contribution in [0.1, 0.15) is 50.3 Å². The highest BCUT2D eigenvalue weighted by molar-refractivity contribution is 5.62. The normalized spacial score (nSPS) is 18.2. The SMILES string of the molecule is C/C=C(\OC1=C(C)CCC(c2ccccn2)C1)c1cccc(OC)c1. The van der Waals surface area contributed by atoms with Crippen molar-refractivity contribution in [2.45, 2.75) is 39.0 Å². The number of ether oxygens (including phenoxy) is 2. The first kappa shape index (κ1) is 17.3. The number of hydrogen-bond donors (Lipinski definition) is 0. The van der Waals surface area contributed by atoms with Crippen molar-refractivity contribution in [2.24, 2.45) is 0 Å². The molecule has 0 spiro atoms. The average molecular weight is 335 g/mol. The number of aromatic nitrogens is 1. The molecule has 3 heteroatoms. The maximum Gasteiger partial charge on any atom is 0.130 e. The Morgan fingerprint density at radius 1 is 1.20 bits per heavy atom. The van der Waals surface area contributed by atoms with Crippen LogP contribution in [0.15, 0.2) is 66.1 Å². The minimum absolute atomic E-state index is 0.420. The summed E-state index contributed by atoms with van der Waals surface area (Å²) in [6, 6.07) is 14.1. The Morgan fingerprint density at radius 3 is 2.80 bits per heavy atom. The number of methoxy groups -OCH3 is 1. The number of nitrogens with zero attached hydrogens (tertiary/aromatic N) is 1. The third-order valence-corrected chi connectivity index (χ3v) is 4.73. The number of pyridine rings is 1. The molecule has 1 unspecified atom stereocenters. The van der Waals surface area contributed by atoms with Gasteiger partial charge in [-0.25, -0.2) is 0 Å². The quantitative estimate of drug-likeness (QED) is 0.656. The van der Waals surface area contributed by atoms with Gasteiger partial charge in [0.05, 0.1) is 7.11 Å². The van der Waals surface area contributed by atoms with Crippen LogP contribution < -0.4 is 4.74 Å². The Kier molecular flexibility index (Phi) is 5.54. The minimum Gasteiger partial charge on any atom is -0.497 e. The van der Waals surface area contributed by atoms with E-state index in [4.69, 9.17) is 9.47 Å². The van der Waals surface area contributed by atoms with Crippen molar-refractivity contribution in [2.75, 3.05) is 7.11 Å². The van der Waals surface area contributed by atoms with E-state index in [0.29, 0.717) is 5.92 Å². The summed E-state index contributed by atoms with van der Waals surface area (Å²) in [7, 11) is 1.68. The first-order chi connectivity index (χ1) is 12.2. The highest BCUT2D eigenvalue weighted by Gasteiger charge is 2.23. The van der Waals surface area contributed by atoms with E-state index in [-0.39, 0.29) is 0 Å². The van der Waals surface area contributed by atoms with Crippen molar-refractivity contribution in [1.29, 1.82) is 0 Å². The van der Waals surface area contributed by atoms with Crippen molar-refractivity contribution in [1.82, 2.24) is 4.98 Å². The molecule has 25 heavy (non-hydrogen) atoms. The van der Waals surface area contributed by atoms with Gasteiger partial charge in [-0.05, 0) is 62.6 Å². The highest BCUT2D eigenvalue weighted by atomic mass is 16.5. The molecule has 0 saturated heterocycles. The molecule has 0 aliphatic heterocycles. The predicted octanol–water partition coefficient (Wildman–Crippen LogP) is 5.71. The second kappa shape index (κ2) is 8.02. The summed E-state index contributed by atoms with van der Waals surface area (Å²) in [4.78, 5) is 4.53. The summed E-state index contributed by atoms with van der Waals surface area (Å²) in [5.41, 5.74) is 3.51. The van der Waals surface area contributed by atoms with Crippen LogP contribution in [0.4, 0.5) is 0 Å². The van der Waals surface area contributed by atoms with Crippen molar-refractivity contribution in [3.05, 3.63) is 77.3 Å². The van der Waals surface area contributed by atoms with E-state index in [0.717, 1.165) is 47.8 Å². The molecule has 0 amide bonds. The van der Waals surface area contributed by atoms with E-state index in [1.807, 2.05) is 49.5 Å². The molecule has 0 N–H and O–H groups in total. The lowest BCUT2D eigenvalue weighted by Crippen LogP contribution is -2.11. The van der Waals surface area contributed by atoms with Gasteiger partial charge in [0.25, 0.3) is 0 Å². The first-order valence-corrected chi connectivity index (χ1v) is 8.79. The third kappa shape index (κ3) is 4.11. The van der Waals surface area contributed by atoms with Crippen LogP contribution >= 0.6 is 0 Å². The Labute approximate surface area is 150 Å². The van der Waals surface area contributed by atoms with E-state index in [2.05, 4.69) is 24.0 Å². The molecule has 1 aromatic carbocycles. The van der Waals surface area contributed by atoms with Crippen LogP contribution in [-0.2, 0) is 4.74 Å². The van der Waals surface area contributed by atoms with Crippen LogP contribution in [0.2, 0.25) is 0 Å². The Balaban J connectivity index is 1.79. The zero-order valence-electron chi connectivity index (χ0n) is 15.2. The molecular weight excluding hydrogens is 310 g/mol. The lowest BCUT2D eigenvalue weighted by molar-refractivity contribution is 0.323. The lowest BCUT2D eigenvalue weighted by atomic mass is 9.86. The molecule has 3 nitrogen and oxygen atoms in total. The van der Waals surface area contributed by atoms with Gasteiger partial charge in [0, 0.05) is 29.8 Å². The largest absolute Gasteiger partial charge is 0.497 e. The number of rotatable bonds is 5. The van der Waals surface area contributed by atoms with Crippen LogP contribution in [-0.4, -0.2) is 12.1 Å². The zero-order chi connectivity index (χ0) is 17.6. The fraction of sp³-hybridized carbons (Fsp3) is 0.318. The predicted molar refractivity (Wildman–Crippen MR) is 101 cm³/mol. The van der Waals surface area contributed by atoms with Gasteiger partial charge in [-0.2, -0.15) is 0 Å². The van der Waals surface area contributed by atoms with Gasteiger partial charge < -0.3 is 9.47 Å². The van der Waals surface area contributed by atoms with Gasteiger partial charge >= 0.3 is 0 Å². The van der Waals surface area contributed by atoms with Gasteiger partial charge in [-0.1, -0.05) is 18.2 Å². The maximum absolute atomic E-state index is 6.35. The smallest absolute Gasteiger partial charge is 0.130 e. The lowest BCUT2D eigenvalue weighted by Gasteiger charge is -2.26.